The Balaban J connectivity index is 1.81. The molecule has 0 saturated carbocycles. The summed E-state index contributed by atoms with van der Waals surface area (Å²) in [6, 6.07) is 18.3. The predicted octanol–water partition coefficient (Wildman–Crippen LogP) is 3.97. The molecule has 0 spiro atoms. The molecule has 3 rings (SSSR count). The fraction of sp³-hybridized carbons (Fsp3) is 0.381. The summed E-state index contributed by atoms with van der Waals surface area (Å²) < 4.78 is 0. The second-order valence-corrected chi connectivity index (χ2v) is 7.23. The lowest BCUT2D eigenvalue weighted by atomic mass is 9.80. The number of piperidine rings is 1. The maximum Gasteiger partial charge on any atom is 0.249 e. The zero-order valence-corrected chi connectivity index (χ0v) is 16.0. The number of carbonyl (C=O) groups is 1. The minimum atomic E-state index is -0.0897. The number of hydroxylamine groups is 2. The Morgan fingerprint density at radius 3 is 2.54 bits per heavy atom. The van der Waals surface area contributed by atoms with E-state index in [-0.39, 0.29) is 17.7 Å². The lowest BCUT2D eigenvalue weighted by Gasteiger charge is -2.39. The molecule has 4 nitrogen and oxygen atoms in total. The average Bonchev–Trinajstić information content (AvgIpc) is 2.68. The van der Waals surface area contributed by atoms with E-state index in [9.17, 15) is 4.79 Å². The van der Waals surface area contributed by atoms with Crippen molar-refractivity contribution in [2.75, 3.05) is 27.2 Å². The van der Waals surface area contributed by atoms with E-state index in [2.05, 4.69) is 29.2 Å². The fourth-order valence-corrected chi connectivity index (χ4v) is 3.80. The number of amides is 1. The van der Waals surface area contributed by atoms with Crippen LogP contribution in [-0.4, -0.2) is 43.1 Å². The second-order valence-electron chi connectivity index (χ2n) is 6.79. The van der Waals surface area contributed by atoms with Gasteiger partial charge in [-0.3, -0.25) is 14.5 Å². The van der Waals surface area contributed by atoms with Gasteiger partial charge in [0.2, 0.25) is 5.91 Å². The third-order valence-corrected chi connectivity index (χ3v) is 5.40. The van der Waals surface area contributed by atoms with Gasteiger partial charge in [-0.15, -0.1) is 0 Å². The molecular formula is C21H25ClN2O2. The van der Waals surface area contributed by atoms with Crippen molar-refractivity contribution in [3.63, 3.8) is 0 Å². The van der Waals surface area contributed by atoms with Crippen LogP contribution in [0.15, 0.2) is 54.6 Å². The molecule has 1 saturated heterocycles. The number of hydrogen-bond donors (Lipinski definition) is 0. The molecule has 0 aromatic heterocycles. The first kappa shape index (κ1) is 18.9. The molecule has 5 heteroatoms. The van der Waals surface area contributed by atoms with E-state index in [1.54, 1.807) is 7.05 Å². The van der Waals surface area contributed by atoms with Crippen LogP contribution in [0.25, 0.3) is 0 Å². The zero-order chi connectivity index (χ0) is 18.5. The van der Waals surface area contributed by atoms with Crippen LogP contribution in [0.3, 0.4) is 0 Å². The van der Waals surface area contributed by atoms with Crippen molar-refractivity contribution in [1.82, 2.24) is 9.96 Å². The topological polar surface area (TPSA) is 32.8 Å². The summed E-state index contributed by atoms with van der Waals surface area (Å²) in [5, 5.41) is 2.06. The third kappa shape index (κ3) is 4.44. The van der Waals surface area contributed by atoms with Crippen LogP contribution >= 0.6 is 11.6 Å². The molecule has 0 bridgehead atoms. The van der Waals surface area contributed by atoms with Gasteiger partial charge in [0, 0.05) is 37.0 Å². The van der Waals surface area contributed by atoms with Gasteiger partial charge in [0.15, 0.2) is 0 Å². The molecule has 1 unspecified atom stereocenters. The van der Waals surface area contributed by atoms with Crippen molar-refractivity contribution in [1.29, 1.82) is 0 Å². The van der Waals surface area contributed by atoms with Gasteiger partial charge >= 0.3 is 0 Å². The van der Waals surface area contributed by atoms with Crippen molar-refractivity contribution in [3.8, 4) is 0 Å². The van der Waals surface area contributed by atoms with Crippen LogP contribution in [0.2, 0.25) is 5.02 Å². The fourth-order valence-electron chi connectivity index (χ4n) is 3.67. The van der Waals surface area contributed by atoms with Gasteiger partial charge in [-0.05, 0) is 36.2 Å². The molecule has 1 amide bonds. The van der Waals surface area contributed by atoms with Gasteiger partial charge < -0.3 is 0 Å². The average molecular weight is 373 g/mol. The SMILES string of the molecule is CON(C)C(=O)C1CCN(Cc2ccccc2)C[C@@H]1c1ccc(Cl)cc1. The summed E-state index contributed by atoms with van der Waals surface area (Å²) in [6.45, 7) is 2.63. The van der Waals surface area contributed by atoms with Crippen LogP contribution < -0.4 is 0 Å². The van der Waals surface area contributed by atoms with Crippen molar-refractivity contribution in [2.45, 2.75) is 18.9 Å². The predicted molar refractivity (Wildman–Crippen MR) is 104 cm³/mol. The first-order valence-electron chi connectivity index (χ1n) is 8.92. The molecule has 2 aromatic rings. The molecule has 1 aliphatic heterocycles. The Kier molecular flexibility index (Phi) is 6.30. The highest BCUT2D eigenvalue weighted by Crippen LogP contribution is 2.35. The molecule has 26 heavy (non-hydrogen) atoms. The number of carbonyl (C=O) groups excluding carboxylic acids is 1. The number of benzene rings is 2. The van der Waals surface area contributed by atoms with Crippen molar-refractivity contribution < 1.29 is 9.63 Å². The van der Waals surface area contributed by atoms with Crippen LogP contribution in [-0.2, 0) is 16.2 Å². The molecule has 1 heterocycles. The van der Waals surface area contributed by atoms with Crippen molar-refractivity contribution >= 4 is 17.5 Å². The van der Waals surface area contributed by atoms with E-state index in [0.29, 0.717) is 5.02 Å². The van der Waals surface area contributed by atoms with Crippen LogP contribution in [0.5, 0.6) is 0 Å². The maximum atomic E-state index is 12.8. The Morgan fingerprint density at radius 2 is 1.88 bits per heavy atom. The quantitative estimate of drug-likeness (QED) is 0.744. The van der Waals surface area contributed by atoms with Crippen LogP contribution in [0, 0.1) is 5.92 Å². The molecule has 0 aliphatic carbocycles. The number of halogens is 1. The minimum absolute atomic E-state index is 0.0341. The van der Waals surface area contributed by atoms with Gasteiger partial charge in [-0.25, -0.2) is 5.06 Å². The highest BCUT2D eigenvalue weighted by Gasteiger charge is 2.36. The molecule has 2 atom stereocenters. The largest absolute Gasteiger partial charge is 0.298 e. The second kappa shape index (κ2) is 8.67. The molecule has 2 aromatic carbocycles. The van der Waals surface area contributed by atoms with Gasteiger partial charge in [-0.2, -0.15) is 0 Å². The van der Waals surface area contributed by atoms with Crippen LogP contribution in [0.4, 0.5) is 0 Å². The number of likely N-dealkylation sites (tertiary alicyclic amines) is 1. The van der Waals surface area contributed by atoms with E-state index in [0.717, 1.165) is 31.6 Å². The molecule has 0 radical (unpaired) electrons. The first-order chi connectivity index (χ1) is 12.6. The Labute approximate surface area is 160 Å². The monoisotopic (exact) mass is 372 g/mol. The van der Waals surface area contributed by atoms with Crippen molar-refractivity contribution in [2.24, 2.45) is 5.92 Å². The third-order valence-electron chi connectivity index (χ3n) is 5.15. The Bertz CT molecular complexity index is 721. The van der Waals surface area contributed by atoms with E-state index in [4.69, 9.17) is 16.4 Å². The van der Waals surface area contributed by atoms with E-state index in [1.165, 1.54) is 17.7 Å². The maximum absolute atomic E-state index is 12.8. The number of nitrogens with zero attached hydrogens (tertiary/aromatic N) is 2. The van der Waals surface area contributed by atoms with Crippen molar-refractivity contribution in [3.05, 3.63) is 70.7 Å². The molecule has 1 aliphatic rings. The number of hydrogen-bond acceptors (Lipinski definition) is 3. The summed E-state index contributed by atoms with van der Waals surface area (Å²) in [4.78, 5) is 20.4. The highest BCUT2D eigenvalue weighted by atomic mass is 35.5. The van der Waals surface area contributed by atoms with Gasteiger partial charge in [-0.1, -0.05) is 54.1 Å². The first-order valence-corrected chi connectivity index (χ1v) is 9.29. The summed E-state index contributed by atoms with van der Waals surface area (Å²) in [7, 11) is 3.21. The van der Waals surface area contributed by atoms with Crippen LogP contribution in [0.1, 0.15) is 23.5 Å². The van der Waals surface area contributed by atoms with Gasteiger partial charge in [0.1, 0.15) is 0 Å². The summed E-state index contributed by atoms with van der Waals surface area (Å²) in [6.07, 6.45) is 0.812. The minimum Gasteiger partial charge on any atom is -0.298 e. The number of rotatable bonds is 5. The summed E-state index contributed by atoms with van der Waals surface area (Å²) in [5.74, 6) is 0.0646. The highest BCUT2D eigenvalue weighted by molar-refractivity contribution is 6.30. The van der Waals surface area contributed by atoms with E-state index in [1.807, 2.05) is 30.3 Å². The summed E-state index contributed by atoms with van der Waals surface area (Å²) >= 11 is 6.05. The molecule has 0 N–H and O–H groups in total. The normalized spacial score (nSPS) is 20.7. The van der Waals surface area contributed by atoms with Gasteiger partial charge in [0.05, 0.1) is 7.11 Å². The summed E-state index contributed by atoms with van der Waals surface area (Å²) in [5.41, 5.74) is 2.44. The lowest BCUT2D eigenvalue weighted by Crippen LogP contribution is -2.45. The Morgan fingerprint density at radius 1 is 1.19 bits per heavy atom. The van der Waals surface area contributed by atoms with E-state index < -0.39 is 0 Å². The molecule has 138 valence electrons. The molecule has 1 fully saturated rings. The standard InChI is InChI=1S/C21H25ClN2O2/c1-23(26-2)21(25)19-12-13-24(14-16-6-4-3-5-7-16)15-20(19)17-8-10-18(22)11-9-17/h3-11,19-20H,12-15H2,1-2H3/t19?,20-/m1/s1. The lowest BCUT2D eigenvalue weighted by molar-refractivity contribution is -0.175. The Hall–Kier alpha value is -1.88. The smallest absolute Gasteiger partial charge is 0.249 e. The van der Waals surface area contributed by atoms with E-state index >= 15 is 0 Å². The molecular weight excluding hydrogens is 348 g/mol. The van der Waals surface area contributed by atoms with Gasteiger partial charge in [0.25, 0.3) is 0 Å². The zero-order valence-electron chi connectivity index (χ0n) is 15.3.